The van der Waals surface area contributed by atoms with Crippen molar-refractivity contribution >= 4 is 5.97 Å². The van der Waals surface area contributed by atoms with E-state index in [1.165, 1.54) is 0 Å². The zero-order valence-electron chi connectivity index (χ0n) is 15.6. The van der Waals surface area contributed by atoms with Gasteiger partial charge in [0.2, 0.25) is 0 Å². The van der Waals surface area contributed by atoms with E-state index in [9.17, 15) is 9.90 Å². The van der Waals surface area contributed by atoms with E-state index in [1.54, 1.807) is 12.1 Å². The summed E-state index contributed by atoms with van der Waals surface area (Å²) in [5.41, 5.74) is 3.02. The highest BCUT2D eigenvalue weighted by atomic mass is 16.4. The predicted molar refractivity (Wildman–Crippen MR) is 106 cm³/mol. The summed E-state index contributed by atoms with van der Waals surface area (Å²) in [5.74, 6) is 0.879. The number of aromatic carboxylic acids is 1. The fourth-order valence-electron chi connectivity index (χ4n) is 2.96. The van der Waals surface area contributed by atoms with Crippen molar-refractivity contribution in [2.75, 3.05) is 0 Å². The molecule has 0 spiro atoms. The van der Waals surface area contributed by atoms with Gasteiger partial charge in [-0.2, -0.15) is 5.10 Å². The summed E-state index contributed by atoms with van der Waals surface area (Å²) in [6, 6.07) is 15.0. The van der Waals surface area contributed by atoms with E-state index >= 15 is 0 Å². The van der Waals surface area contributed by atoms with E-state index < -0.39 is 5.97 Å². The van der Waals surface area contributed by atoms with E-state index in [2.05, 4.69) is 16.2 Å². The summed E-state index contributed by atoms with van der Waals surface area (Å²) < 4.78 is 1.94. The van der Waals surface area contributed by atoms with Crippen LogP contribution >= 0.6 is 0 Å². The predicted octanol–water partition coefficient (Wildman–Crippen LogP) is 4.37. The third-order valence-electron chi connectivity index (χ3n) is 4.40. The van der Waals surface area contributed by atoms with Gasteiger partial charge >= 0.3 is 5.97 Å². The smallest absolute Gasteiger partial charge is 0.336 e. The molecule has 1 N–H and O–H groups in total. The van der Waals surface area contributed by atoms with Crippen molar-refractivity contribution in [2.45, 2.75) is 33.2 Å². The van der Waals surface area contributed by atoms with Gasteiger partial charge in [-0.25, -0.2) is 14.5 Å². The quantitative estimate of drug-likeness (QED) is 0.635. The Labute approximate surface area is 159 Å². The molecule has 0 saturated carbocycles. The van der Waals surface area contributed by atoms with E-state index in [-0.39, 0.29) is 0 Å². The summed E-state index contributed by atoms with van der Waals surface area (Å²) in [6.45, 7) is 4.68. The van der Waals surface area contributed by atoms with Gasteiger partial charge in [-0.15, -0.1) is 0 Å². The first-order valence-corrected chi connectivity index (χ1v) is 9.07. The molecule has 3 aromatic rings. The molecule has 0 fully saturated rings. The first-order valence-electron chi connectivity index (χ1n) is 9.07. The second-order valence-electron chi connectivity index (χ2n) is 6.28. The lowest BCUT2D eigenvalue weighted by Gasteiger charge is -2.08. The van der Waals surface area contributed by atoms with Crippen molar-refractivity contribution < 1.29 is 9.90 Å². The second kappa shape index (κ2) is 8.45. The Balaban J connectivity index is 1.85. The van der Waals surface area contributed by atoms with Crippen LogP contribution in [0.25, 0.3) is 11.1 Å². The van der Waals surface area contributed by atoms with E-state index in [0.29, 0.717) is 12.1 Å². The summed E-state index contributed by atoms with van der Waals surface area (Å²) >= 11 is 0. The summed E-state index contributed by atoms with van der Waals surface area (Å²) in [6.07, 6.45) is 5.65. The minimum absolute atomic E-state index is 0.308. The highest BCUT2D eigenvalue weighted by molar-refractivity contribution is 5.95. The number of aromatic nitrogens is 3. The number of rotatable bonds is 7. The van der Waals surface area contributed by atoms with Crippen LogP contribution in [-0.4, -0.2) is 25.8 Å². The zero-order chi connectivity index (χ0) is 19.2. The molecule has 0 unspecified atom stereocenters. The number of carbonyl (C=O) groups is 1. The molecule has 1 heterocycles. The highest BCUT2D eigenvalue weighted by Gasteiger charge is 2.12. The Morgan fingerprint density at radius 2 is 1.89 bits per heavy atom. The Hall–Kier alpha value is -3.21. The van der Waals surface area contributed by atoms with Crippen molar-refractivity contribution in [2.24, 2.45) is 0 Å². The van der Waals surface area contributed by atoms with Crippen LogP contribution in [0.1, 0.15) is 41.4 Å². The fourth-order valence-corrected chi connectivity index (χ4v) is 2.96. The third kappa shape index (κ3) is 4.31. The van der Waals surface area contributed by atoms with Gasteiger partial charge in [0, 0.05) is 12.8 Å². The minimum atomic E-state index is -0.919. The fraction of sp³-hybridized carbons (Fsp3) is 0.227. The number of carboxylic acid groups (broad SMARTS) is 1. The molecule has 0 bridgehead atoms. The van der Waals surface area contributed by atoms with Crippen LogP contribution in [0.2, 0.25) is 0 Å². The Bertz CT molecular complexity index is 956. The lowest BCUT2D eigenvalue weighted by molar-refractivity contribution is 0.0697. The highest BCUT2D eigenvalue weighted by Crippen LogP contribution is 2.24. The number of allylic oxidation sites excluding steroid dienone is 2. The minimum Gasteiger partial charge on any atom is -0.478 e. The van der Waals surface area contributed by atoms with Crippen molar-refractivity contribution in [1.29, 1.82) is 0 Å². The molecule has 0 saturated heterocycles. The molecule has 0 aliphatic rings. The molecule has 0 aliphatic heterocycles. The summed E-state index contributed by atoms with van der Waals surface area (Å²) in [4.78, 5) is 16.0. The van der Waals surface area contributed by atoms with Gasteiger partial charge < -0.3 is 5.11 Å². The Kier molecular flexibility index (Phi) is 5.81. The van der Waals surface area contributed by atoms with Crippen molar-refractivity contribution in [3.8, 4) is 11.1 Å². The molecule has 0 radical (unpaired) electrons. The SMILES string of the molecule is CC=CCc1nc(CC)nn1Cc1ccc(-c2ccccc2C(=O)O)cc1. The van der Waals surface area contributed by atoms with Gasteiger partial charge in [0.05, 0.1) is 12.1 Å². The molecule has 27 heavy (non-hydrogen) atoms. The largest absolute Gasteiger partial charge is 0.478 e. The molecular formula is C22H23N3O2. The number of carboxylic acids is 1. The molecule has 3 rings (SSSR count). The first-order chi connectivity index (χ1) is 13.1. The van der Waals surface area contributed by atoms with Crippen LogP contribution < -0.4 is 0 Å². The lowest BCUT2D eigenvalue weighted by atomic mass is 9.99. The summed E-state index contributed by atoms with van der Waals surface area (Å²) in [5, 5.41) is 14.0. The van der Waals surface area contributed by atoms with Gasteiger partial charge in [0.15, 0.2) is 5.82 Å². The summed E-state index contributed by atoms with van der Waals surface area (Å²) in [7, 11) is 0. The van der Waals surface area contributed by atoms with Gasteiger partial charge in [0.25, 0.3) is 0 Å². The molecule has 5 nitrogen and oxygen atoms in total. The van der Waals surface area contributed by atoms with Gasteiger partial charge in [-0.1, -0.05) is 61.5 Å². The van der Waals surface area contributed by atoms with Crippen LogP contribution in [0.5, 0.6) is 0 Å². The van der Waals surface area contributed by atoms with Crippen molar-refractivity contribution in [3.05, 3.63) is 83.5 Å². The van der Waals surface area contributed by atoms with Crippen LogP contribution in [0, 0.1) is 0 Å². The van der Waals surface area contributed by atoms with Crippen LogP contribution in [0.15, 0.2) is 60.7 Å². The molecule has 5 heteroatoms. The van der Waals surface area contributed by atoms with Gasteiger partial charge in [-0.3, -0.25) is 0 Å². The molecule has 138 valence electrons. The van der Waals surface area contributed by atoms with E-state index in [0.717, 1.165) is 41.2 Å². The molecule has 0 aliphatic carbocycles. The molecule has 2 aromatic carbocycles. The van der Waals surface area contributed by atoms with Gasteiger partial charge in [0.1, 0.15) is 5.82 Å². The monoisotopic (exact) mass is 361 g/mol. The maximum absolute atomic E-state index is 11.4. The Morgan fingerprint density at radius 3 is 2.56 bits per heavy atom. The maximum Gasteiger partial charge on any atom is 0.336 e. The zero-order valence-corrected chi connectivity index (χ0v) is 15.6. The van der Waals surface area contributed by atoms with E-state index in [1.807, 2.05) is 61.0 Å². The van der Waals surface area contributed by atoms with Gasteiger partial charge in [-0.05, 0) is 29.7 Å². The Morgan fingerprint density at radius 1 is 1.15 bits per heavy atom. The number of hydrogen-bond donors (Lipinski definition) is 1. The van der Waals surface area contributed by atoms with Crippen LogP contribution in [-0.2, 0) is 19.4 Å². The number of aryl methyl sites for hydroxylation is 1. The number of hydrogen-bond acceptors (Lipinski definition) is 3. The van der Waals surface area contributed by atoms with Crippen molar-refractivity contribution in [3.63, 3.8) is 0 Å². The number of benzene rings is 2. The van der Waals surface area contributed by atoms with Crippen LogP contribution in [0.3, 0.4) is 0 Å². The third-order valence-corrected chi connectivity index (χ3v) is 4.40. The topological polar surface area (TPSA) is 68.0 Å². The first kappa shape index (κ1) is 18.6. The van der Waals surface area contributed by atoms with E-state index in [4.69, 9.17) is 0 Å². The second-order valence-corrected chi connectivity index (χ2v) is 6.28. The molecule has 0 atom stereocenters. The molecule has 1 aromatic heterocycles. The standard InChI is InChI=1S/C22H23N3O2/c1-3-5-10-21-23-20(4-2)24-25(21)15-16-11-13-17(14-12-16)18-8-6-7-9-19(18)22(26)27/h3,5-9,11-14H,4,10,15H2,1-2H3,(H,26,27). The number of nitrogens with zero attached hydrogens (tertiary/aromatic N) is 3. The average molecular weight is 361 g/mol. The normalized spacial score (nSPS) is 11.2. The maximum atomic E-state index is 11.4. The molecule has 0 amide bonds. The molecular weight excluding hydrogens is 338 g/mol. The van der Waals surface area contributed by atoms with Crippen LogP contribution in [0.4, 0.5) is 0 Å². The average Bonchev–Trinajstić information content (AvgIpc) is 3.08. The lowest BCUT2D eigenvalue weighted by Crippen LogP contribution is -2.06. The van der Waals surface area contributed by atoms with Crippen molar-refractivity contribution in [1.82, 2.24) is 14.8 Å².